The van der Waals surface area contributed by atoms with Crippen LogP contribution in [0.15, 0.2) is 60.7 Å². The van der Waals surface area contributed by atoms with Gasteiger partial charge in [-0.25, -0.2) is 0 Å². The Labute approximate surface area is 126 Å². The van der Waals surface area contributed by atoms with Crippen LogP contribution in [0.5, 0.6) is 0 Å². The number of nitrogens with zero attached hydrogens (tertiary/aromatic N) is 1. The van der Waals surface area contributed by atoms with E-state index in [2.05, 4.69) is 78.3 Å². The summed E-state index contributed by atoms with van der Waals surface area (Å²) in [6, 6.07) is 21.2. The van der Waals surface area contributed by atoms with Crippen LogP contribution < -0.4 is 0 Å². The molecule has 0 spiro atoms. The lowest BCUT2D eigenvalue weighted by atomic mass is 9.71. The Morgan fingerprint density at radius 2 is 1.52 bits per heavy atom. The molecule has 1 unspecified atom stereocenters. The van der Waals surface area contributed by atoms with Crippen molar-refractivity contribution in [3.63, 3.8) is 0 Å². The highest BCUT2D eigenvalue weighted by molar-refractivity contribution is 6.19. The molecule has 4 rings (SSSR count). The fourth-order valence-corrected chi connectivity index (χ4v) is 3.87. The molecule has 0 aliphatic carbocycles. The summed E-state index contributed by atoms with van der Waals surface area (Å²) < 4.78 is 8.61. The van der Waals surface area contributed by atoms with E-state index in [1.54, 1.807) is 0 Å². The van der Waals surface area contributed by atoms with Gasteiger partial charge in [0.25, 0.3) is 0 Å². The molecule has 103 valence electrons. The van der Waals surface area contributed by atoms with E-state index >= 15 is 0 Å². The molecule has 1 saturated heterocycles. The predicted octanol–water partition coefficient (Wildman–Crippen LogP) is 3.13. The Balaban J connectivity index is 1.99. The van der Waals surface area contributed by atoms with Crippen molar-refractivity contribution < 1.29 is 9.14 Å². The largest absolute Gasteiger partial charge is 0.742 e. The predicted molar refractivity (Wildman–Crippen MR) is 84.5 cm³/mol. The van der Waals surface area contributed by atoms with Gasteiger partial charge in [-0.3, -0.25) is 4.49 Å². The van der Waals surface area contributed by atoms with Crippen LogP contribution in [0.4, 0.5) is 0 Å². The van der Waals surface area contributed by atoms with Gasteiger partial charge in [-0.1, -0.05) is 60.7 Å². The van der Waals surface area contributed by atoms with Crippen molar-refractivity contribution in [1.82, 2.24) is 0 Å². The van der Waals surface area contributed by atoms with Gasteiger partial charge in [0.15, 0.2) is 11.1 Å². The van der Waals surface area contributed by atoms with Gasteiger partial charge in [0.1, 0.15) is 6.21 Å². The van der Waals surface area contributed by atoms with E-state index in [0.717, 1.165) is 12.8 Å². The molecule has 1 radical (unpaired) electrons. The molecule has 0 aromatic heterocycles. The second-order valence-electron chi connectivity index (χ2n) is 6.04. The van der Waals surface area contributed by atoms with Crippen molar-refractivity contribution in [3.05, 3.63) is 71.8 Å². The minimum Gasteiger partial charge on any atom is -0.352 e. The van der Waals surface area contributed by atoms with Gasteiger partial charge in [0.2, 0.25) is 0 Å². The van der Waals surface area contributed by atoms with Crippen LogP contribution in [-0.2, 0) is 10.3 Å². The van der Waals surface area contributed by atoms with Crippen molar-refractivity contribution in [1.29, 1.82) is 0 Å². The second-order valence-corrected chi connectivity index (χ2v) is 6.04. The van der Waals surface area contributed by atoms with E-state index in [-0.39, 0.29) is 5.54 Å². The van der Waals surface area contributed by atoms with E-state index in [1.807, 2.05) is 7.62 Å². The molecule has 2 heterocycles. The van der Waals surface area contributed by atoms with Gasteiger partial charge in [-0.2, -0.15) is 0 Å². The molecule has 2 aliphatic heterocycles. The molecule has 1 fully saturated rings. The standard InChI is InChI=1S/C18H18BNO/c1-17-13-8-14-20(17)19-21-18(17,15-9-4-2-5-10-15)16-11-6-3-7-12-16/h2-7,9-12,14H,8,13H2,1H3/q+1. The zero-order valence-electron chi connectivity index (χ0n) is 12.2. The van der Waals surface area contributed by atoms with Gasteiger partial charge in [-0.15, -0.1) is 0 Å². The maximum atomic E-state index is 6.35. The molecule has 3 heteroatoms. The lowest BCUT2D eigenvalue weighted by Crippen LogP contribution is -2.49. The summed E-state index contributed by atoms with van der Waals surface area (Å²) in [7, 11) is 1.90. The molecule has 2 aromatic carbocycles. The first-order valence-electron chi connectivity index (χ1n) is 7.51. The fourth-order valence-electron chi connectivity index (χ4n) is 3.87. The van der Waals surface area contributed by atoms with Crippen LogP contribution in [0.1, 0.15) is 30.9 Å². The number of fused-ring (bicyclic) bond motifs is 1. The highest BCUT2D eigenvalue weighted by Crippen LogP contribution is 2.51. The highest BCUT2D eigenvalue weighted by Gasteiger charge is 2.66. The van der Waals surface area contributed by atoms with Crippen molar-refractivity contribution >= 4 is 13.8 Å². The molecule has 2 aromatic rings. The van der Waals surface area contributed by atoms with E-state index < -0.39 is 5.60 Å². The summed E-state index contributed by atoms with van der Waals surface area (Å²) in [6.07, 6.45) is 4.43. The summed E-state index contributed by atoms with van der Waals surface area (Å²) in [6.45, 7) is 2.31. The average Bonchev–Trinajstić information content (AvgIpc) is 3.04. The average molecular weight is 275 g/mol. The van der Waals surface area contributed by atoms with E-state index in [9.17, 15) is 0 Å². The molecule has 1 atom stereocenters. The van der Waals surface area contributed by atoms with Crippen LogP contribution in [-0.4, -0.2) is 23.9 Å². The zero-order chi connectivity index (χ0) is 14.3. The Morgan fingerprint density at radius 3 is 2.10 bits per heavy atom. The number of rotatable bonds is 2. The van der Waals surface area contributed by atoms with Gasteiger partial charge in [0.05, 0.1) is 0 Å². The summed E-state index contributed by atoms with van der Waals surface area (Å²) in [5.41, 5.74) is 1.92. The summed E-state index contributed by atoms with van der Waals surface area (Å²) in [5.74, 6) is 0. The zero-order valence-corrected chi connectivity index (χ0v) is 12.2. The Bertz CT molecular complexity index is 643. The first-order valence-corrected chi connectivity index (χ1v) is 7.51. The quantitative estimate of drug-likeness (QED) is 0.767. The van der Waals surface area contributed by atoms with E-state index in [1.165, 1.54) is 11.1 Å². The molecular weight excluding hydrogens is 257 g/mol. The van der Waals surface area contributed by atoms with Crippen LogP contribution in [0.2, 0.25) is 0 Å². The van der Waals surface area contributed by atoms with E-state index in [4.69, 9.17) is 4.65 Å². The number of hydrogen-bond donors (Lipinski definition) is 0. The minimum absolute atomic E-state index is 0.0737. The Hall–Kier alpha value is -1.87. The summed E-state index contributed by atoms with van der Waals surface area (Å²) >= 11 is 0. The normalized spacial score (nSPS) is 26.0. The third kappa shape index (κ3) is 1.61. The van der Waals surface area contributed by atoms with Gasteiger partial charge >= 0.3 is 7.62 Å². The van der Waals surface area contributed by atoms with Crippen LogP contribution in [0.25, 0.3) is 0 Å². The smallest absolute Gasteiger partial charge is 0.352 e. The molecule has 2 aliphatic rings. The third-order valence-corrected chi connectivity index (χ3v) is 4.99. The highest BCUT2D eigenvalue weighted by atomic mass is 16.5. The second kappa shape index (κ2) is 4.57. The van der Waals surface area contributed by atoms with Crippen LogP contribution in [0.3, 0.4) is 0 Å². The van der Waals surface area contributed by atoms with Crippen molar-refractivity contribution in [2.75, 3.05) is 0 Å². The van der Waals surface area contributed by atoms with Crippen molar-refractivity contribution in [2.24, 2.45) is 0 Å². The Kier molecular flexibility index (Phi) is 2.79. The summed E-state index contributed by atoms with van der Waals surface area (Å²) in [4.78, 5) is 0. The van der Waals surface area contributed by atoms with Gasteiger partial charge < -0.3 is 4.65 Å². The van der Waals surface area contributed by atoms with Crippen LogP contribution in [0, 0.1) is 0 Å². The number of benzene rings is 2. The van der Waals surface area contributed by atoms with Crippen molar-refractivity contribution in [2.45, 2.75) is 30.9 Å². The minimum atomic E-state index is -0.442. The lowest BCUT2D eigenvalue weighted by molar-refractivity contribution is -0.464. The molecule has 2 nitrogen and oxygen atoms in total. The number of hydrogen-bond acceptors (Lipinski definition) is 1. The van der Waals surface area contributed by atoms with Crippen LogP contribution >= 0.6 is 0 Å². The third-order valence-electron chi connectivity index (χ3n) is 4.99. The molecule has 0 amide bonds. The van der Waals surface area contributed by atoms with E-state index in [0.29, 0.717) is 0 Å². The fraction of sp³-hybridized carbons (Fsp3) is 0.278. The lowest BCUT2D eigenvalue weighted by Gasteiger charge is -2.38. The molecule has 0 saturated carbocycles. The maximum Gasteiger partial charge on any atom is 0.742 e. The first-order chi connectivity index (χ1) is 10.3. The molecule has 21 heavy (non-hydrogen) atoms. The topological polar surface area (TPSA) is 12.2 Å². The SMILES string of the molecule is CC12CCC=[N+]1[B]OC2(c1ccccc1)c1ccccc1. The van der Waals surface area contributed by atoms with Gasteiger partial charge in [-0.05, 0) is 11.1 Å². The summed E-state index contributed by atoms with van der Waals surface area (Å²) in [5, 5.41) is 0. The molecule has 0 bridgehead atoms. The van der Waals surface area contributed by atoms with Gasteiger partial charge in [0, 0.05) is 19.8 Å². The van der Waals surface area contributed by atoms with Crippen molar-refractivity contribution in [3.8, 4) is 0 Å². The molecular formula is C18H18BNO+. The Morgan fingerprint density at radius 1 is 0.952 bits per heavy atom. The first kappa shape index (κ1) is 12.8. The maximum absolute atomic E-state index is 6.35. The molecule has 0 N–H and O–H groups in total. The monoisotopic (exact) mass is 275 g/mol.